The third kappa shape index (κ3) is 23.7. The highest BCUT2D eigenvalue weighted by molar-refractivity contribution is 5.95. The van der Waals surface area contributed by atoms with Gasteiger partial charge < -0.3 is 19.7 Å². The molecule has 0 bridgehead atoms. The Labute approximate surface area is 286 Å². The number of unbranched alkanes of at least 4 members (excludes halogenated alkanes) is 13. The zero-order valence-corrected chi connectivity index (χ0v) is 30.0. The molecule has 0 aromatic heterocycles. The monoisotopic (exact) mass is 660 g/mol. The highest BCUT2D eigenvalue weighted by Crippen LogP contribution is 2.27. The van der Waals surface area contributed by atoms with Crippen molar-refractivity contribution in [2.45, 2.75) is 168 Å². The second kappa shape index (κ2) is 28.7. The van der Waals surface area contributed by atoms with E-state index in [0.29, 0.717) is 25.7 Å². The molecule has 0 amide bonds. The molecule has 47 heavy (non-hydrogen) atoms. The Morgan fingerprint density at radius 3 is 2.09 bits per heavy atom. The average Bonchev–Trinajstić information content (AvgIpc) is 3.40. The highest BCUT2D eigenvalue weighted by Gasteiger charge is 2.27. The van der Waals surface area contributed by atoms with Crippen LogP contribution in [0.2, 0.25) is 0 Å². The minimum atomic E-state index is -0.848. The lowest BCUT2D eigenvalue weighted by Crippen LogP contribution is -2.28. The first-order chi connectivity index (χ1) is 22.8. The number of allylic oxidation sites excluding steroid dienone is 5. The van der Waals surface area contributed by atoms with Crippen LogP contribution >= 0.6 is 0 Å². The van der Waals surface area contributed by atoms with Gasteiger partial charge in [0.2, 0.25) is 0 Å². The summed E-state index contributed by atoms with van der Waals surface area (Å²) in [7, 11) is 0. The summed E-state index contributed by atoms with van der Waals surface area (Å²) in [6, 6.07) is 0. The predicted molar refractivity (Wildman–Crippen MR) is 191 cm³/mol. The lowest BCUT2D eigenvalue weighted by Gasteiger charge is -2.15. The van der Waals surface area contributed by atoms with E-state index in [-0.39, 0.29) is 36.6 Å². The molecular weight excluding hydrogens is 592 g/mol. The summed E-state index contributed by atoms with van der Waals surface area (Å²) in [6.07, 6.45) is 31.1. The maximum Gasteiger partial charge on any atom is 0.306 e. The van der Waals surface area contributed by atoms with Crippen LogP contribution in [0.3, 0.4) is 0 Å². The van der Waals surface area contributed by atoms with Gasteiger partial charge in [-0.3, -0.25) is 14.4 Å². The molecule has 270 valence electrons. The molecular formula is C40H68O7. The fourth-order valence-electron chi connectivity index (χ4n) is 5.85. The number of carbonyl (C=O) groups excluding carboxylic acids is 3. The zero-order valence-electron chi connectivity index (χ0n) is 30.0. The third-order valence-electron chi connectivity index (χ3n) is 8.86. The number of carbonyl (C=O) groups is 3. The van der Waals surface area contributed by atoms with Crippen molar-refractivity contribution >= 4 is 17.7 Å². The van der Waals surface area contributed by atoms with E-state index < -0.39 is 24.8 Å². The Bertz CT molecular complexity index is 906. The van der Waals surface area contributed by atoms with Crippen molar-refractivity contribution in [1.82, 2.24) is 0 Å². The Kier molecular flexibility index (Phi) is 26.1. The lowest BCUT2D eigenvalue weighted by atomic mass is 9.90. The molecule has 0 aliphatic heterocycles. The van der Waals surface area contributed by atoms with Gasteiger partial charge in [0.25, 0.3) is 0 Å². The second-order valence-electron chi connectivity index (χ2n) is 13.8. The number of aliphatic hydroxyl groups is 2. The first kappa shape index (κ1) is 42.8. The highest BCUT2D eigenvalue weighted by atomic mass is 16.6. The van der Waals surface area contributed by atoms with Crippen molar-refractivity contribution in [3.05, 3.63) is 36.5 Å². The second-order valence-corrected chi connectivity index (χ2v) is 13.8. The summed E-state index contributed by atoms with van der Waals surface area (Å²) in [5.74, 6) is -0.0142. The Balaban J connectivity index is 2.09. The van der Waals surface area contributed by atoms with Crippen LogP contribution in [0.15, 0.2) is 36.5 Å². The molecule has 1 aliphatic rings. The van der Waals surface area contributed by atoms with Crippen molar-refractivity contribution < 1.29 is 34.1 Å². The van der Waals surface area contributed by atoms with Crippen molar-refractivity contribution in [3.63, 3.8) is 0 Å². The standard InChI is InChI=1S/C40H68O7/c1-4-5-17-24-35(42)28-29-37-34(27-30-38(37)43)23-19-15-16-21-26-40(45)47-36(31-41)32-46-39(44)25-20-14-12-10-8-6-7-9-11-13-18-22-33(2)3/h15,19,27-30,33-37,41-42H,4-14,16-18,20-26,31-32H2,1-3H3/b19-15-,29-28+/t34-,35-,36-,37+/m0/s1. The van der Waals surface area contributed by atoms with Crippen molar-refractivity contribution in [2.75, 3.05) is 13.2 Å². The molecule has 0 saturated heterocycles. The molecule has 0 fully saturated rings. The molecule has 1 rings (SSSR count). The number of esters is 2. The topological polar surface area (TPSA) is 110 Å². The van der Waals surface area contributed by atoms with Crippen LogP contribution in [0.5, 0.6) is 0 Å². The van der Waals surface area contributed by atoms with E-state index in [1.807, 2.05) is 24.3 Å². The Hall–Kier alpha value is -2.25. The smallest absolute Gasteiger partial charge is 0.306 e. The number of hydrogen-bond donors (Lipinski definition) is 2. The van der Waals surface area contributed by atoms with Crippen LogP contribution in [-0.4, -0.2) is 53.4 Å². The van der Waals surface area contributed by atoms with Crippen LogP contribution in [0, 0.1) is 17.8 Å². The van der Waals surface area contributed by atoms with Crippen molar-refractivity contribution in [1.29, 1.82) is 0 Å². The minimum Gasteiger partial charge on any atom is -0.462 e. The van der Waals surface area contributed by atoms with Gasteiger partial charge in [0.05, 0.1) is 12.7 Å². The zero-order chi connectivity index (χ0) is 34.5. The molecule has 2 N–H and O–H groups in total. The van der Waals surface area contributed by atoms with E-state index in [4.69, 9.17) is 9.47 Å². The van der Waals surface area contributed by atoms with E-state index in [1.165, 1.54) is 57.8 Å². The fourth-order valence-corrected chi connectivity index (χ4v) is 5.85. The lowest BCUT2D eigenvalue weighted by molar-refractivity contribution is -0.161. The summed E-state index contributed by atoms with van der Waals surface area (Å²) in [6.45, 7) is 6.19. The molecule has 0 spiro atoms. The van der Waals surface area contributed by atoms with Gasteiger partial charge in [-0.05, 0) is 50.0 Å². The first-order valence-electron chi connectivity index (χ1n) is 19.0. The first-order valence-corrected chi connectivity index (χ1v) is 19.0. The summed E-state index contributed by atoms with van der Waals surface area (Å²) < 4.78 is 10.6. The molecule has 0 saturated carbocycles. The largest absolute Gasteiger partial charge is 0.462 e. The van der Waals surface area contributed by atoms with Crippen molar-refractivity contribution in [3.8, 4) is 0 Å². The Morgan fingerprint density at radius 2 is 1.45 bits per heavy atom. The maximum atomic E-state index is 12.3. The van der Waals surface area contributed by atoms with Gasteiger partial charge in [-0.25, -0.2) is 0 Å². The summed E-state index contributed by atoms with van der Waals surface area (Å²) in [5, 5.41) is 19.7. The van der Waals surface area contributed by atoms with E-state index in [0.717, 1.165) is 50.9 Å². The minimum absolute atomic E-state index is 0.0710. The molecule has 7 nitrogen and oxygen atoms in total. The third-order valence-corrected chi connectivity index (χ3v) is 8.86. The predicted octanol–water partition coefficient (Wildman–Crippen LogP) is 9.15. The average molecular weight is 661 g/mol. The van der Waals surface area contributed by atoms with Gasteiger partial charge in [0.1, 0.15) is 6.61 Å². The summed E-state index contributed by atoms with van der Waals surface area (Å²) in [4.78, 5) is 36.6. The number of ether oxygens (including phenoxy) is 2. The maximum absolute atomic E-state index is 12.3. The number of ketones is 1. The van der Waals surface area contributed by atoms with Gasteiger partial charge in [-0.1, -0.05) is 141 Å². The van der Waals surface area contributed by atoms with Gasteiger partial charge in [-0.15, -0.1) is 0 Å². The van der Waals surface area contributed by atoms with Crippen LogP contribution in [-0.2, 0) is 23.9 Å². The van der Waals surface area contributed by atoms with Gasteiger partial charge in [0, 0.05) is 18.8 Å². The molecule has 0 aromatic rings. The number of hydrogen-bond acceptors (Lipinski definition) is 7. The van der Waals surface area contributed by atoms with Crippen LogP contribution < -0.4 is 0 Å². The SMILES string of the molecule is CCCCC[C@H](O)/C=C/[C@H]1C(=O)C=C[C@@H]1C/C=C\CCCC(=O)O[C@@H](CO)COC(=O)CCCCCCCCCCCCCC(C)C. The van der Waals surface area contributed by atoms with E-state index in [2.05, 4.69) is 20.8 Å². The molecule has 0 radical (unpaired) electrons. The molecule has 4 atom stereocenters. The van der Waals surface area contributed by atoms with Gasteiger partial charge in [0.15, 0.2) is 11.9 Å². The molecule has 0 heterocycles. The van der Waals surface area contributed by atoms with Gasteiger partial charge >= 0.3 is 11.9 Å². The molecule has 1 aliphatic carbocycles. The van der Waals surface area contributed by atoms with E-state index >= 15 is 0 Å². The number of aliphatic hydroxyl groups excluding tert-OH is 2. The van der Waals surface area contributed by atoms with Gasteiger partial charge in [-0.2, -0.15) is 0 Å². The van der Waals surface area contributed by atoms with E-state index in [1.54, 1.807) is 12.2 Å². The van der Waals surface area contributed by atoms with Crippen LogP contribution in [0.4, 0.5) is 0 Å². The normalized spacial score (nSPS) is 17.7. The molecule has 7 heteroatoms. The van der Waals surface area contributed by atoms with Crippen LogP contribution in [0.1, 0.15) is 156 Å². The van der Waals surface area contributed by atoms with Crippen molar-refractivity contribution in [2.24, 2.45) is 17.8 Å². The summed E-state index contributed by atoms with van der Waals surface area (Å²) >= 11 is 0. The quantitative estimate of drug-likeness (QED) is 0.0449. The Morgan fingerprint density at radius 1 is 0.830 bits per heavy atom. The van der Waals surface area contributed by atoms with Crippen LogP contribution in [0.25, 0.3) is 0 Å². The molecule has 0 unspecified atom stereocenters. The number of rotatable bonds is 30. The summed E-state index contributed by atoms with van der Waals surface area (Å²) in [5.41, 5.74) is 0. The van der Waals surface area contributed by atoms with E-state index in [9.17, 15) is 24.6 Å². The molecule has 0 aromatic carbocycles. The fraction of sp³-hybridized carbons (Fsp3) is 0.775.